The lowest BCUT2D eigenvalue weighted by Crippen LogP contribution is -2.32. The van der Waals surface area contributed by atoms with E-state index in [0.717, 1.165) is 9.13 Å². The van der Waals surface area contributed by atoms with Gasteiger partial charge in [-0.05, 0) is 79.3 Å². The monoisotopic (exact) mass is 467 g/mol. The number of hydrogen-bond acceptors (Lipinski definition) is 3. The molecule has 0 saturated heterocycles. The van der Waals surface area contributed by atoms with Gasteiger partial charge in [-0.2, -0.15) is 0 Å². The van der Waals surface area contributed by atoms with Crippen molar-refractivity contribution < 1.29 is 18.7 Å². The van der Waals surface area contributed by atoms with Crippen LogP contribution in [0.3, 0.4) is 0 Å². The van der Waals surface area contributed by atoms with E-state index in [1.807, 2.05) is 19.1 Å². The Balaban J connectivity index is 2.53. The summed E-state index contributed by atoms with van der Waals surface area (Å²) in [5.41, 5.74) is 0.0923. The molecule has 24 heavy (non-hydrogen) atoms. The van der Waals surface area contributed by atoms with E-state index >= 15 is 0 Å². The van der Waals surface area contributed by atoms with Gasteiger partial charge in [-0.3, -0.25) is 4.84 Å². The molecule has 2 aromatic rings. The Labute approximate surface area is 158 Å². The van der Waals surface area contributed by atoms with Crippen LogP contribution in [0.15, 0.2) is 30.3 Å². The molecule has 0 aliphatic rings. The number of rotatable bonds is 5. The summed E-state index contributed by atoms with van der Waals surface area (Å²) >= 11 is 7.78. The van der Waals surface area contributed by atoms with Crippen LogP contribution in [-0.2, 0) is 4.84 Å². The van der Waals surface area contributed by atoms with Gasteiger partial charge in [-0.25, -0.2) is 13.8 Å². The predicted octanol–water partition coefficient (Wildman–Crippen LogP) is 5.37. The summed E-state index contributed by atoms with van der Waals surface area (Å²) in [6.45, 7) is 4.85. The zero-order valence-corrected chi connectivity index (χ0v) is 16.3. The topological polar surface area (TPSA) is 32.7 Å². The average Bonchev–Trinajstić information content (AvgIpc) is 2.47. The summed E-state index contributed by atoms with van der Waals surface area (Å²) in [6, 6.07) is 8.06. The molecule has 2 aromatic carbocycles. The number of benzene rings is 2. The van der Waals surface area contributed by atoms with Crippen LogP contribution in [-0.4, -0.2) is 17.3 Å². The molecule has 7 heteroatoms. The first-order valence-electron chi connectivity index (χ1n) is 7.15. The van der Waals surface area contributed by atoms with Gasteiger partial charge in [0, 0.05) is 3.57 Å². The second-order valence-electron chi connectivity index (χ2n) is 6.01. The quantitative estimate of drug-likeness (QED) is 0.364. The zero-order valence-electron chi connectivity index (χ0n) is 13.4. The normalized spacial score (nSPS) is 11.7. The van der Waals surface area contributed by atoms with Crippen LogP contribution in [0.5, 0.6) is 0 Å². The van der Waals surface area contributed by atoms with Crippen molar-refractivity contribution in [3.05, 3.63) is 56.1 Å². The number of halogens is 4. The highest BCUT2D eigenvalue weighted by atomic mass is 127. The van der Waals surface area contributed by atoms with Gasteiger partial charge in [0.1, 0.15) is 12.3 Å². The first kappa shape index (κ1) is 19.4. The maximum absolute atomic E-state index is 14.4. The smallest absolute Gasteiger partial charge is 0.186 e. The van der Waals surface area contributed by atoms with Crippen molar-refractivity contribution in [3.8, 4) is 0 Å². The SMILES string of the molecule is Cc1cc(I)ccc1N(OCC(C)(C)O)c1ccc(Cl)c(F)c1F. The lowest BCUT2D eigenvalue weighted by Gasteiger charge is -2.29. The van der Waals surface area contributed by atoms with E-state index in [4.69, 9.17) is 16.4 Å². The van der Waals surface area contributed by atoms with Gasteiger partial charge in [0.25, 0.3) is 0 Å². The van der Waals surface area contributed by atoms with Crippen molar-refractivity contribution >= 4 is 45.6 Å². The molecule has 3 nitrogen and oxygen atoms in total. The Morgan fingerprint density at radius 2 is 1.79 bits per heavy atom. The van der Waals surface area contributed by atoms with Crippen LogP contribution in [0.2, 0.25) is 5.02 Å². The summed E-state index contributed by atoms with van der Waals surface area (Å²) in [5.74, 6) is -2.26. The Morgan fingerprint density at radius 1 is 1.17 bits per heavy atom. The molecule has 0 aliphatic heterocycles. The van der Waals surface area contributed by atoms with Crippen LogP contribution in [0, 0.1) is 22.1 Å². The molecule has 0 atom stereocenters. The van der Waals surface area contributed by atoms with Crippen LogP contribution in [0.4, 0.5) is 20.2 Å². The largest absolute Gasteiger partial charge is 0.388 e. The first-order valence-corrected chi connectivity index (χ1v) is 8.61. The van der Waals surface area contributed by atoms with Crippen molar-refractivity contribution in [3.63, 3.8) is 0 Å². The van der Waals surface area contributed by atoms with Crippen molar-refractivity contribution in [1.82, 2.24) is 0 Å². The van der Waals surface area contributed by atoms with Crippen molar-refractivity contribution in [2.24, 2.45) is 0 Å². The third kappa shape index (κ3) is 4.56. The summed E-state index contributed by atoms with van der Waals surface area (Å²) in [7, 11) is 0. The molecule has 0 spiro atoms. The van der Waals surface area contributed by atoms with Crippen LogP contribution >= 0.6 is 34.2 Å². The first-order chi connectivity index (χ1) is 11.1. The van der Waals surface area contributed by atoms with Gasteiger partial charge in [-0.15, -0.1) is 0 Å². The van der Waals surface area contributed by atoms with E-state index in [2.05, 4.69) is 22.6 Å². The lowest BCUT2D eigenvalue weighted by atomic mass is 10.1. The van der Waals surface area contributed by atoms with Gasteiger partial charge in [0.05, 0.1) is 16.3 Å². The highest BCUT2D eigenvalue weighted by Crippen LogP contribution is 2.34. The molecule has 0 aliphatic carbocycles. The molecular formula is C17H17ClF2INO2. The molecule has 0 fully saturated rings. The van der Waals surface area contributed by atoms with Crippen molar-refractivity contribution in [1.29, 1.82) is 0 Å². The zero-order chi connectivity index (χ0) is 18.1. The standard InChI is InChI=1S/C17H17ClF2INO2/c1-10-8-11(21)4-6-13(10)22(24-9-17(2,3)23)14-7-5-12(18)15(19)16(14)20/h4-8,23H,9H2,1-3H3. The van der Waals surface area contributed by atoms with Gasteiger partial charge < -0.3 is 5.11 Å². The second kappa shape index (κ2) is 7.51. The minimum Gasteiger partial charge on any atom is -0.388 e. The summed E-state index contributed by atoms with van der Waals surface area (Å²) in [5, 5.41) is 10.8. The number of nitrogens with zero attached hydrogens (tertiary/aromatic N) is 1. The van der Waals surface area contributed by atoms with Gasteiger partial charge in [-0.1, -0.05) is 11.6 Å². The minimum atomic E-state index is -1.14. The molecular weight excluding hydrogens is 451 g/mol. The maximum Gasteiger partial charge on any atom is 0.186 e. The third-order valence-corrected chi connectivity index (χ3v) is 4.12. The summed E-state index contributed by atoms with van der Waals surface area (Å²) in [4.78, 5) is 5.61. The lowest BCUT2D eigenvalue weighted by molar-refractivity contribution is -0.0214. The third-order valence-electron chi connectivity index (χ3n) is 3.16. The molecule has 1 N–H and O–H groups in total. The fraction of sp³-hybridized carbons (Fsp3) is 0.294. The van der Waals surface area contributed by atoms with Crippen LogP contribution < -0.4 is 5.06 Å². The Morgan fingerprint density at radius 3 is 2.38 bits per heavy atom. The average molecular weight is 468 g/mol. The highest BCUT2D eigenvalue weighted by molar-refractivity contribution is 14.1. The number of hydrogen-bond donors (Lipinski definition) is 1. The maximum atomic E-state index is 14.4. The van der Waals surface area contributed by atoms with E-state index < -0.39 is 17.2 Å². The molecule has 130 valence electrons. The molecule has 0 radical (unpaired) electrons. The Hall–Kier alpha value is -0.960. The number of aliphatic hydroxyl groups is 1. The highest BCUT2D eigenvalue weighted by Gasteiger charge is 2.24. The Bertz CT molecular complexity index is 750. The van der Waals surface area contributed by atoms with E-state index in [-0.39, 0.29) is 17.3 Å². The van der Waals surface area contributed by atoms with E-state index in [1.165, 1.54) is 17.2 Å². The van der Waals surface area contributed by atoms with Gasteiger partial charge in [0.15, 0.2) is 11.6 Å². The van der Waals surface area contributed by atoms with E-state index in [0.29, 0.717) is 5.69 Å². The molecule has 0 amide bonds. The molecule has 0 bridgehead atoms. The molecule has 0 unspecified atom stereocenters. The van der Waals surface area contributed by atoms with E-state index in [1.54, 1.807) is 19.9 Å². The second-order valence-corrected chi connectivity index (χ2v) is 7.66. The van der Waals surface area contributed by atoms with Gasteiger partial charge in [0.2, 0.25) is 0 Å². The Kier molecular flexibility index (Phi) is 6.06. The van der Waals surface area contributed by atoms with Crippen molar-refractivity contribution in [2.45, 2.75) is 26.4 Å². The molecule has 0 heterocycles. The molecule has 0 saturated carbocycles. The number of aryl methyl sites for hydroxylation is 1. The van der Waals surface area contributed by atoms with Crippen molar-refractivity contribution in [2.75, 3.05) is 11.7 Å². The van der Waals surface area contributed by atoms with Crippen LogP contribution in [0.1, 0.15) is 19.4 Å². The predicted molar refractivity (Wildman–Crippen MR) is 99.7 cm³/mol. The fourth-order valence-corrected chi connectivity index (χ4v) is 2.80. The summed E-state index contributed by atoms with van der Waals surface area (Å²) in [6.07, 6.45) is 0. The van der Waals surface area contributed by atoms with Gasteiger partial charge >= 0.3 is 0 Å². The molecule has 0 aromatic heterocycles. The van der Waals surface area contributed by atoms with Crippen LogP contribution in [0.25, 0.3) is 0 Å². The minimum absolute atomic E-state index is 0.109. The summed E-state index contributed by atoms with van der Waals surface area (Å²) < 4.78 is 29.2. The molecule has 2 rings (SSSR count). The van der Waals surface area contributed by atoms with E-state index in [9.17, 15) is 13.9 Å². The fourth-order valence-electron chi connectivity index (χ4n) is 2.01. The number of anilines is 2.